The minimum Gasteiger partial charge on any atom is -0.383 e. The number of carbonyl (C=O) groups is 4. The zero-order chi connectivity index (χ0) is 34.2. The molecule has 0 aliphatic heterocycles. The maximum atomic E-state index is 13.6. The molecule has 4 aromatic carbocycles. The van der Waals surface area contributed by atoms with Crippen LogP contribution < -0.4 is 31.9 Å². The molecule has 0 saturated heterocycles. The Morgan fingerprint density at radius 3 is 1.27 bits per heavy atom. The summed E-state index contributed by atoms with van der Waals surface area (Å²) in [7, 11) is 0. The molecule has 48 heavy (non-hydrogen) atoms. The van der Waals surface area contributed by atoms with Crippen LogP contribution in [0.25, 0.3) is 0 Å². The van der Waals surface area contributed by atoms with Crippen LogP contribution in [0.1, 0.15) is 31.8 Å². The van der Waals surface area contributed by atoms with Gasteiger partial charge in [0.1, 0.15) is 0 Å². The highest BCUT2D eigenvalue weighted by atomic mass is 16.6. The molecule has 0 spiro atoms. The summed E-state index contributed by atoms with van der Waals surface area (Å²) in [6.07, 6.45) is 0. The number of hydrogen-bond acceptors (Lipinski definition) is 10. The van der Waals surface area contributed by atoms with Gasteiger partial charge in [0.25, 0.3) is 11.4 Å². The molecule has 0 heterocycles. The first-order chi connectivity index (χ1) is 23.1. The summed E-state index contributed by atoms with van der Waals surface area (Å²) >= 11 is 0. The van der Waals surface area contributed by atoms with Gasteiger partial charge in [0.2, 0.25) is 0 Å². The SMILES string of the molecule is O=C(NCCNc1ccc(NCCNC(=O)Nc2ccc([N+](=O)[O-])cc2)c2c1C(=O)c1ccccc1C2=O)Nc1ccc([N+](=O)[O-])cc1. The van der Waals surface area contributed by atoms with E-state index in [0.717, 1.165) is 0 Å². The third kappa shape index (κ3) is 7.51. The van der Waals surface area contributed by atoms with Gasteiger partial charge < -0.3 is 31.9 Å². The van der Waals surface area contributed by atoms with Crippen molar-refractivity contribution in [1.82, 2.24) is 10.6 Å². The smallest absolute Gasteiger partial charge is 0.319 e. The van der Waals surface area contributed by atoms with Crippen LogP contribution in [0.2, 0.25) is 0 Å². The molecule has 0 aromatic heterocycles. The Balaban J connectivity index is 1.20. The van der Waals surface area contributed by atoms with Crippen LogP contribution in [-0.2, 0) is 0 Å². The summed E-state index contributed by atoms with van der Waals surface area (Å²) in [4.78, 5) is 72.4. The van der Waals surface area contributed by atoms with Crippen molar-refractivity contribution in [2.24, 2.45) is 0 Å². The van der Waals surface area contributed by atoms with Crippen LogP contribution in [0, 0.1) is 20.2 Å². The number of amides is 4. The molecule has 1 aliphatic carbocycles. The second kappa shape index (κ2) is 14.5. The highest BCUT2D eigenvalue weighted by Crippen LogP contribution is 2.36. The molecule has 16 heteroatoms. The second-order valence-electron chi connectivity index (χ2n) is 10.3. The number of nitrogens with zero attached hydrogens (tertiary/aromatic N) is 2. The van der Waals surface area contributed by atoms with Crippen molar-refractivity contribution < 1.29 is 29.0 Å². The van der Waals surface area contributed by atoms with Crippen LogP contribution in [0.5, 0.6) is 0 Å². The van der Waals surface area contributed by atoms with Crippen molar-refractivity contribution in [3.8, 4) is 0 Å². The molecule has 0 saturated carbocycles. The Labute approximate surface area is 272 Å². The van der Waals surface area contributed by atoms with Crippen molar-refractivity contribution in [2.75, 3.05) is 47.4 Å². The lowest BCUT2D eigenvalue weighted by atomic mass is 9.82. The molecule has 0 radical (unpaired) electrons. The number of fused-ring (bicyclic) bond motifs is 2. The Bertz CT molecular complexity index is 1780. The summed E-state index contributed by atoms with van der Waals surface area (Å²) < 4.78 is 0. The molecule has 0 fully saturated rings. The van der Waals surface area contributed by atoms with E-state index in [2.05, 4.69) is 31.9 Å². The van der Waals surface area contributed by atoms with Crippen molar-refractivity contribution >= 4 is 57.8 Å². The third-order valence-electron chi connectivity index (χ3n) is 7.20. The Kier molecular flexibility index (Phi) is 9.84. The summed E-state index contributed by atoms with van der Waals surface area (Å²) in [6, 6.07) is 19.4. The normalized spacial score (nSPS) is 11.4. The van der Waals surface area contributed by atoms with E-state index in [9.17, 15) is 39.4 Å². The minimum atomic E-state index is -0.542. The van der Waals surface area contributed by atoms with E-state index in [0.29, 0.717) is 22.7 Å². The molecule has 16 nitrogen and oxygen atoms in total. The number of ketones is 2. The zero-order valence-electron chi connectivity index (χ0n) is 25.1. The fourth-order valence-electron chi connectivity index (χ4n) is 4.95. The van der Waals surface area contributed by atoms with E-state index in [1.165, 1.54) is 48.5 Å². The van der Waals surface area contributed by atoms with E-state index in [-0.39, 0.29) is 71.4 Å². The average Bonchev–Trinajstić information content (AvgIpc) is 3.08. The first-order valence-electron chi connectivity index (χ1n) is 14.5. The van der Waals surface area contributed by atoms with E-state index < -0.39 is 21.9 Å². The van der Waals surface area contributed by atoms with E-state index >= 15 is 0 Å². The number of urea groups is 2. The predicted octanol–water partition coefficient (Wildman–Crippen LogP) is 4.75. The second-order valence-corrected chi connectivity index (χ2v) is 10.3. The monoisotopic (exact) mass is 652 g/mol. The molecule has 0 bridgehead atoms. The quantitative estimate of drug-likeness (QED) is 0.0616. The largest absolute Gasteiger partial charge is 0.383 e. The zero-order valence-corrected chi connectivity index (χ0v) is 25.1. The van der Waals surface area contributed by atoms with E-state index in [4.69, 9.17) is 0 Å². The van der Waals surface area contributed by atoms with Gasteiger partial charge in [-0.3, -0.25) is 29.8 Å². The van der Waals surface area contributed by atoms with Gasteiger partial charge in [-0.1, -0.05) is 24.3 Å². The van der Waals surface area contributed by atoms with Crippen molar-refractivity contribution in [3.63, 3.8) is 0 Å². The lowest BCUT2D eigenvalue weighted by Crippen LogP contribution is -2.33. The Hall–Kier alpha value is -6.84. The van der Waals surface area contributed by atoms with Gasteiger partial charge in [-0.2, -0.15) is 0 Å². The lowest BCUT2D eigenvalue weighted by Gasteiger charge is -2.24. The molecule has 5 rings (SSSR count). The van der Waals surface area contributed by atoms with Gasteiger partial charge in [-0.05, 0) is 36.4 Å². The van der Waals surface area contributed by atoms with Gasteiger partial charge in [0, 0.05) is 84.3 Å². The highest BCUT2D eigenvalue weighted by molar-refractivity contribution is 6.31. The topological polar surface area (TPSA) is 227 Å². The molecule has 244 valence electrons. The van der Waals surface area contributed by atoms with Gasteiger partial charge in [-0.25, -0.2) is 9.59 Å². The van der Waals surface area contributed by atoms with Crippen LogP contribution in [0.4, 0.5) is 43.7 Å². The minimum absolute atomic E-state index is 0.105. The van der Waals surface area contributed by atoms with Crippen LogP contribution in [-0.4, -0.2) is 59.7 Å². The highest BCUT2D eigenvalue weighted by Gasteiger charge is 2.33. The fourth-order valence-corrected chi connectivity index (χ4v) is 4.95. The number of hydrogen-bond donors (Lipinski definition) is 6. The van der Waals surface area contributed by atoms with Gasteiger partial charge in [0.15, 0.2) is 11.6 Å². The average molecular weight is 653 g/mol. The molecule has 6 N–H and O–H groups in total. The van der Waals surface area contributed by atoms with Crippen molar-refractivity contribution in [2.45, 2.75) is 0 Å². The molecule has 4 aromatic rings. The van der Waals surface area contributed by atoms with Crippen LogP contribution in [0.3, 0.4) is 0 Å². The first-order valence-corrected chi connectivity index (χ1v) is 14.5. The predicted molar refractivity (Wildman–Crippen MR) is 177 cm³/mol. The number of non-ortho nitro benzene ring substituents is 2. The summed E-state index contributed by atoms with van der Waals surface area (Å²) in [5.41, 5.74) is 2.17. The summed E-state index contributed by atoms with van der Waals surface area (Å²) in [5.74, 6) is -0.702. The standard InChI is InChI=1S/C32H28N8O8/c41-29-23-3-1-2-4-24(23)30(42)28-26(34-16-18-36-32(44)38-20-7-11-22(12-8-20)40(47)48)14-13-25(27(28)29)33-15-17-35-31(43)37-19-5-9-21(10-6-19)39(45)46/h1-14,33-34H,15-18H2,(H2,35,37,43)(H2,36,38,44). The molecule has 0 unspecified atom stereocenters. The molecular formula is C32H28N8O8. The summed E-state index contributed by atoms with van der Waals surface area (Å²) in [5, 5.41) is 38.3. The first kappa shape index (κ1) is 32.6. The van der Waals surface area contributed by atoms with Crippen LogP contribution >= 0.6 is 0 Å². The maximum Gasteiger partial charge on any atom is 0.319 e. The van der Waals surface area contributed by atoms with E-state index in [1.54, 1.807) is 36.4 Å². The van der Waals surface area contributed by atoms with Gasteiger partial charge >= 0.3 is 12.1 Å². The maximum absolute atomic E-state index is 13.6. The lowest BCUT2D eigenvalue weighted by molar-refractivity contribution is -0.385. The van der Waals surface area contributed by atoms with E-state index in [1.807, 2.05) is 0 Å². The Morgan fingerprint density at radius 1 is 0.542 bits per heavy atom. The fraction of sp³-hybridized carbons (Fsp3) is 0.125. The number of nitrogens with one attached hydrogen (secondary N) is 6. The molecular weight excluding hydrogens is 624 g/mol. The Morgan fingerprint density at radius 2 is 0.917 bits per heavy atom. The van der Waals surface area contributed by atoms with Gasteiger partial charge in [-0.15, -0.1) is 0 Å². The molecule has 0 atom stereocenters. The number of benzene rings is 4. The molecule has 1 aliphatic rings. The number of anilines is 4. The third-order valence-corrected chi connectivity index (χ3v) is 7.20. The van der Waals surface area contributed by atoms with Crippen molar-refractivity contribution in [1.29, 1.82) is 0 Å². The van der Waals surface area contributed by atoms with Crippen LogP contribution in [0.15, 0.2) is 84.9 Å². The molecule has 4 amide bonds. The number of rotatable bonds is 12. The number of carbonyl (C=O) groups excluding carboxylic acids is 4. The number of nitro benzene ring substituents is 2. The number of nitro groups is 2. The van der Waals surface area contributed by atoms with Gasteiger partial charge in [0.05, 0.1) is 21.0 Å². The summed E-state index contributed by atoms with van der Waals surface area (Å²) in [6.45, 7) is 0.674. The van der Waals surface area contributed by atoms with Crippen molar-refractivity contribution in [3.05, 3.63) is 127 Å².